The first kappa shape index (κ1) is 13.0. The van der Waals surface area contributed by atoms with Crippen LogP contribution in [0.4, 0.5) is 18.0 Å². The molecule has 1 aliphatic carbocycles. The highest BCUT2D eigenvalue weighted by atomic mass is 19.4. The van der Waals surface area contributed by atoms with E-state index in [4.69, 9.17) is 0 Å². The molecule has 0 aromatic heterocycles. The molecule has 0 radical (unpaired) electrons. The van der Waals surface area contributed by atoms with Crippen LogP contribution in [0.3, 0.4) is 0 Å². The van der Waals surface area contributed by atoms with E-state index >= 15 is 0 Å². The van der Waals surface area contributed by atoms with Crippen LogP contribution < -0.4 is 10.6 Å². The van der Waals surface area contributed by atoms with Gasteiger partial charge in [-0.1, -0.05) is 0 Å². The molecule has 1 saturated carbocycles. The van der Waals surface area contributed by atoms with E-state index in [0.717, 1.165) is 0 Å². The zero-order chi connectivity index (χ0) is 13.6. The van der Waals surface area contributed by atoms with Gasteiger partial charge in [-0.3, -0.25) is 4.79 Å². The van der Waals surface area contributed by atoms with Gasteiger partial charge in [0, 0.05) is 25.3 Å². The third kappa shape index (κ3) is 2.11. The van der Waals surface area contributed by atoms with Gasteiger partial charge in [-0.25, -0.2) is 4.79 Å². The summed E-state index contributed by atoms with van der Waals surface area (Å²) >= 11 is 0. The quantitative estimate of drug-likeness (QED) is 0.777. The minimum absolute atomic E-state index is 0.111. The summed E-state index contributed by atoms with van der Waals surface area (Å²) in [4.78, 5) is 22.5. The molecule has 2 rings (SSSR count). The molecule has 102 valence electrons. The van der Waals surface area contributed by atoms with E-state index in [1.165, 1.54) is 7.05 Å². The highest BCUT2D eigenvalue weighted by molar-refractivity contribution is 5.81. The van der Waals surface area contributed by atoms with Crippen LogP contribution in [0.15, 0.2) is 0 Å². The van der Waals surface area contributed by atoms with Crippen LogP contribution in [-0.4, -0.2) is 37.4 Å². The number of cyclic esters (lactones) is 1. The molecule has 3 atom stereocenters. The normalized spacial score (nSPS) is 34.8. The predicted octanol–water partition coefficient (Wildman–Crippen LogP) is 0.800. The maximum Gasteiger partial charge on any atom is 0.407 e. The van der Waals surface area contributed by atoms with Crippen molar-refractivity contribution >= 4 is 12.0 Å². The summed E-state index contributed by atoms with van der Waals surface area (Å²) in [5.41, 5.74) is -1.04. The molecule has 0 aromatic rings. The summed E-state index contributed by atoms with van der Waals surface area (Å²) in [6, 6.07) is 0. The molecular formula is C10H13F3N2O3. The van der Waals surface area contributed by atoms with E-state index < -0.39 is 42.0 Å². The van der Waals surface area contributed by atoms with Gasteiger partial charge in [-0.05, 0) is 6.42 Å². The molecule has 0 aromatic carbocycles. The summed E-state index contributed by atoms with van der Waals surface area (Å²) in [5, 5.41) is 4.75. The van der Waals surface area contributed by atoms with Crippen molar-refractivity contribution in [1.29, 1.82) is 0 Å². The Morgan fingerprint density at radius 1 is 1.61 bits per heavy atom. The van der Waals surface area contributed by atoms with Gasteiger partial charge in [-0.15, -0.1) is 0 Å². The fourth-order valence-corrected chi connectivity index (χ4v) is 2.74. The second kappa shape index (κ2) is 4.03. The summed E-state index contributed by atoms with van der Waals surface area (Å²) in [6.07, 6.45) is -6.02. The van der Waals surface area contributed by atoms with Gasteiger partial charge in [0.15, 0.2) is 0 Å². The lowest BCUT2D eigenvalue weighted by Gasteiger charge is -2.50. The lowest BCUT2D eigenvalue weighted by Crippen LogP contribution is -2.66. The van der Waals surface area contributed by atoms with E-state index in [1.54, 1.807) is 0 Å². The number of halogens is 3. The van der Waals surface area contributed by atoms with E-state index in [9.17, 15) is 22.8 Å². The van der Waals surface area contributed by atoms with E-state index in [1.807, 2.05) is 0 Å². The number of rotatable bonds is 2. The van der Waals surface area contributed by atoms with Crippen LogP contribution in [0.25, 0.3) is 0 Å². The Bertz CT molecular complexity index is 385. The van der Waals surface area contributed by atoms with Crippen LogP contribution in [0.1, 0.15) is 12.8 Å². The molecule has 1 aliphatic heterocycles. The summed E-state index contributed by atoms with van der Waals surface area (Å²) in [7, 11) is 1.38. The number of hydrogen-bond donors (Lipinski definition) is 2. The lowest BCUT2D eigenvalue weighted by molar-refractivity contribution is -0.175. The standard InChI is InChI=1S/C10H13F3N2O3/c1-14-7(16)5-2-9(4-18-8(17)15-9)6(5)3-10(11,12)13/h5-6H,2-4H2,1H3,(H,14,16)(H,15,17). The minimum atomic E-state index is -4.38. The molecule has 1 saturated heterocycles. The van der Waals surface area contributed by atoms with Crippen molar-refractivity contribution in [3.63, 3.8) is 0 Å². The number of hydrogen-bond acceptors (Lipinski definition) is 3. The van der Waals surface area contributed by atoms with Gasteiger partial charge in [0.2, 0.25) is 5.91 Å². The number of carbonyl (C=O) groups excluding carboxylic acids is 2. The molecular weight excluding hydrogens is 253 g/mol. The number of alkyl carbamates (subject to hydrolysis) is 1. The van der Waals surface area contributed by atoms with Crippen molar-refractivity contribution in [1.82, 2.24) is 10.6 Å². The Kier molecular flexibility index (Phi) is 2.90. The maximum atomic E-state index is 12.5. The molecule has 18 heavy (non-hydrogen) atoms. The van der Waals surface area contributed by atoms with Crippen molar-refractivity contribution < 1.29 is 27.5 Å². The average molecular weight is 266 g/mol. The molecule has 2 amide bonds. The summed E-state index contributed by atoms with van der Waals surface area (Å²) in [6.45, 7) is -0.111. The highest BCUT2D eigenvalue weighted by Gasteiger charge is 2.62. The van der Waals surface area contributed by atoms with Crippen LogP contribution in [-0.2, 0) is 9.53 Å². The van der Waals surface area contributed by atoms with Crippen LogP contribution in [0, 0.1) is 11.8 Å². The van der Waals surface area contributed by atoms with Gasteiger partial charge in [-0.2, -0.15) is 13.2 Å². The molecule has 5 nitrogen and oxygen atoms in total. The number of carbonyl (C=O) groups is 2. The van der Waals surface area contributed by atoms with Crippen molar-refractivity contribution in [2.75, 3.05) is 13.7 Å². The lowest BCUT2D eigenvalue weighted by atomic mass is 9.57. The molecule has 2 aliphatic rings. The average Bonchev–Trinajstić information content (AvgIpc) is 2.66. The third-order valence-electron chi connectivity index (χ3n) is 3.63. The number of amides is 2. The van der Waals surface area contributed by atoms with Gasteiger partial charge in [0.25, 0.3) is 0 Å². The zero-order valence-corrected chi connectivity index (χ0v) is 9.63. The Morgan fingerprint density at radius 2 is 2.28 bits per heavy atom. The van der Waals surface area contributed by atoms with E-state index in [2.05, 4.69) is 15.4 Å². The number of alkyl halides is 3. The minimum Gasteiger partial charge on any atom is -0.447 e. The summed E-state index contributed by atoms with van der Waals surface area (Å²) < 4.78 is 42.2. The van der Waals surface area contributed by atoms with Crippen molar-refractivity contribution in [2.24, 2.45) is 11.8 Å². The Balaban J connectivity index is 2.14. The molecule has 2 N–H and O–H groups in total. The topological polar surface area (TPSA) is 67.4 Å². The zero-order valence-electron chi connectivity index (χ0n) is 9.63. The second-order valence-electron chi connectivity index (χ2n) is 4.71. The predicted molar refractivity (Wildman–Crippen MR) is 53.6 cm³/mol. The molecule has 2 fully saturated rings. The monoisotopic (exact) mass is 266 g/mol. The first-order valence-electron chi connectivity index (χ1n) is 5.51. The molecule has 3 unspecified atom stereocenters. The van der Waals surface area contributed by atoms with Crippen molar-refractivity contribution in [3.8, 4) is 0 Å². The largest absolute Gasteiger partial charge is 0.447 e. The van der Waals surface area contributed by atoms with E-state index in [-0.39, 0.29) is 13.0 Å². The summed E-state index contributed by atoms with van der Waals surface area (Å²) in [5.74, 6) is -2.14. The van der Waals surface area contributed by atoms with Gasteiger partial charge >= 0.3 is 12.3 Å². The third-order valence-corrected chi connectivity index (χ3v) is 3.63. The Morgan fingerprint density at radius 3 is 2.72 bits per heavy atom. The van der Waals surface area contributed by atoms with Crippen molar-refractivity contribution in [3.05, 3.63) is 0 Å². The highest BCUT2D eigenvalue weighted by Crippen LogP contribution is 2.50. The molecule has 8 heteroatoms. The van der Waals surface area contributed by atoms with Gasteiger partial charge in [0.05, 0.1) is 5.54 Å². The van der Waals surface area contributed by atoms with Crippen LogP contribution in [0.5, 0.6) is 0 Å². The SMILES string of the molecule is CNC(=O)C1CC2(COC(=O)N2)C1CC(F)(F)F. The van der Waals surface area contributed by atoms with Crippen LogP contribution in [0.2, 0.25) is 0 Å². The van der Waals surface area contributed by atoms with Gasteiger partial charge < -0.3 is 15.4 Å². The van der Waals surface area contributed by atoms with E-state index in [0.29, 0.717) is 0 Å². The van der Waals surface area contributed by atoms with Gasteiger partial charge in [0.1, 0.15) is 6.61 Å². The first-order valence-corrected chi connectivity index (χ1v) is 5.51. The van der Waals surface area contributed by atoms with Crippen molar-refractivity contribution in [2.45, 2.75) is 24.6 Å². The molecule has 1 heterocycles. The molecule has 1 spiro atoms. The van der Waals surface area contributed by atoms with Crippen LogP contribution >= 0.6 is 0 Å². The Hall–Kier alpha value is -1.47. The molecule has 0 bridgehead atoms. The smallest absolute Gasteiger partial charge is 0.407 e. The Labute approximate surface area is 101 Å². The number of ether oxygens (including phenoxy) is 1. The first-order chi connectivity index (χ1) is 8.27. The fourth-order valence-electron chi connectivity index (χ4n) is 2.74. The second-order valence-corrected chi connectivity index (χ2v) is 4.71. The maximum absolute atomic E-state index is 12.5. The number of nitrogens with one attached hydrogen (secondary N) is 2. The fraction of sp³-hybridized carbons (Fsp3) is 0.800.